The van der Waals surface area contributed by atoms with Crippen LogP contribution >= 0.6 is 0 Å². The third-order valence-corrected chi connectivity index (χ3v) is 4.22. The van der Waals surface area contributed by atoms with Crippen molar-refractivity contribution in [3.63, 3.8) is 0 Å². The van der Waals surface area contributed by atoms with Crippen molar-refractivity contribution in [2.24, 2.45) is 0 Å². The van der Waals surface area contributed by atoms with Crippen molar-refractivity contribution >= 4 is 22.8 Å². The number of benzene rings is 1. The van der Waals surface area contributed by atoms with Crippen LogP contribution in [0.3, 0.4) is 0 Å². The highest BCUT2D eigenvalue weighted by molar-refractivity contribution is 5.96. The van der Waals surface area contributed by atoms with E-state index in [4.69, 9.17) is 8.83 Å². The van der Waals surface area contributed by atoms with Crippen molar-refractivity contribution in [1.82, 2.24) is 9.80 Å². The van der Waals surface area contributed by atoms with Crippen molar-refractivity contribution < 1.29 is 18.4 Å². The Kier molecular flexibility index (Phi) is 3.57. The van der Waals surface area contributed by atoms with Gasteiger partial charge in [-0.3, -0.25) is 9.59 Å². The first-order chi connectivity index (χ1) is 11.7. The van der Waals surface area contributed by atoms with Gasteiger partial charge in [-0.15, -0.1) is 0 Å². The highest BCUT2D eigenvalue weighted by Crippen LogP contribution is 2.20. The van der Waals surface area contributed by atoms with Gasteiger partial charge in [0.1, 0.15) is 5.58 Å². The van der Waals surface area contributed by atoms with Gasteiger partial charge in [-0.1, -0.05) is 18.2 Å². The van der Waals surface area contributed by atoms with Gasteiger partial charge in [0.25, 0.3) is 11.8 Å². The zero-order valence-electron chi connectivity index (χ0n) is 13.0. The number of fused-ring (bicyclic) bond motifs is 1. The molecule has 1 aromatic carbocycles. The molecule has 6 heteroatoms. The highest BCUT2D eigenvalue weighted by Gasteiger charge is 2.27. The number of amides is 2. The monoisotopic (exact) mass is 324 g/mol. The minimum absolute atomic E-state index is 0.142. The lowest BCUT2D eigenvalue weighted by Gasteiger charge is -2.33. The molecule has 122 valence electrons. The standard InChI is InChI=1S/C18H16N2O4/c21-17(15-6-3-11-23-15)19-7-9-20(10-8-19)18(22)16-12-13-4-1-2-5-14(13)24-16/h1-6,11-12H,7-10H2. The Morgan fingerprint density at radius 1 is 0.833 bits per heavy atom. The summed E-state index contributed by atoms with van der Waals surface area (Å²) < 4.78 is 10.8. The lowest BCUT2D eigenvalue weighted by Crippen LogP contribution is -2.50. The van der Waals surface area contributed by atoms with Crippen LogP contribution in [0.2, 0.25) is 0 Å². The van der Waals surface area contributed by atoms with Crippen molar-refractivity contribution in [3.8, 4) is 0 Å². The summed E-state index contributed by atoms with van der Waals surface area (Å²) in [6.45, 7) is 1.90. The Balaban J connectivity index is 1.43. The summed E-state index contributed by atoms with van der Waals surface area (Å²) in [5, 5.41) is 0.910. The van der Waals surface area contributed by atoms with E-state index in [2.05, 4.69) is 0 Å². The third kappa shape index (κ3) is 2.56. The average molecular weight is 324 g/mol. The average Bonchev–Trinajstić information content (AvgIpc) is 3.30. The van der Waals surface area contributed by atoms with E-state index < -0.39 is 0 Å². The minimum Gasteiger partial charge on any atom is -0.459 e. The zero-order valence-corrected chi connectivity index (χ0v) is 13.0. The fourth-order valence-electron chi connectivity index (χ4n) is 2.91. The molecule has 0 bridgehead atoms. The molecule has 6 nitrogen and oxygen atoms in total. The maximum absolute atomic E-state index is 12.6. The van der Waals surface area contributed by atoms with Crippen molar-refractivity contribution in [2.75, 3.05) is 26.2 Å². The number of piperazine rings is 1. The molecule has 1 aliphatic rings. The van der Waals surface area contributed by atoms with Crippen LogP contribution in [0.15, 0.2) is 57.6 Å². The molecule has 2 aromatic heterocycles. The molecule has 4 rings (SSSR count). The summed E-state index contributed by atoms with van der Waals surface area (Å²) in [6, 6.07) is 12.6. The third-order valence-electron chi connectivity index (χ3n) is 4.22. The minimum atomic E-state index is -0.143. The van der Waals surface area contributed by atoms with E-state index in [0.29, 0.717) is 43.3 Å². The maximum Gasteiger partial charge on any atom is 0.289 e. The normalized spacial score (nSPS) is 15.0. The van der Waals surface area contributed by atoms with Crippen LogP contribution in [-0.4, -0.2) is 47.8 Å². The first-order valence-electron chi connectivity index (χ1n) is 7.83. The molecule has 0 N–H and O–H groups in total. The summed E-state index contributed by atoms with van der Waals surface area (Å²) in [5.41, 5.74) is 0.701. The van der Waals surface area contributed by atoms with Crippen LogP contribution < -0.4 is 0 Å². The van der Waals surface area contributed by atoms with Gasteiger partial charge in [0, 0.05) is 31.6 Å². The van der Waals surface area contributed by atoms with Crippen LogP contribution in [-0.2, 0) is 0 Å². The molecule has 0 atom stereocenters. The molecule has 0 saturated carbocycles. The van der Waals surface area contributed by atoms with Crippen LogP contribution in [0.4, 0.5) is 0 Å². The van der Waals surface area contributed by atoms with E-state index in [1.807, 2.05) is 24.3 Å². The highest BCUT2D eigenvalue weighted by atomic mass is 16.3. The Bertz CT molecular complexity index is 840. The molecule has 0 unspecified atom stereocenters. The molecule has 1 fully saturated rings. The summed E-state index contributed by atoms with van der Waals surface area (Å²) in [6.07, 6.45) is 1.48. The number of hydrogen-bond acceptors (Lipinski definition) is 4. The Morgan fingerprint density at radius 2 is 1.50 bits per heavy atom. The van der Waals surface area contributed by atoms with Gasteiger partial charge in [-0.05, 0) is 24.3 Å². The number of carbonyl (C=O) groups is 2. The topological polar surface area (TPSA) is 66.9 Å². The predicted molar refractivity (Wildman–Crippen MR) is 86.7 cm³/mol. The molecule has 3 aromatic rings. The smallest absolute Gasteiger partial charge is 0.289 e. The zero-order chi connectivity index (χ0) is 16.5. The lowest BCUT2D eigenvalue weighted by atomic mass is 10.2. The lowest BCUT2D eigenvalue weighted by molar-refractivity contribution is 0.0503. The first kappa shape index (κ1) is 14.6. The van der Waals surface area contributed by atoms with Crippen LogP contribution in [0.25, 0.3) is 11.0 Å². The summed E-state index contributed by atoms with van der Waals surface area (Å²) in [4.78, 5) is 28.2. The number of furan rings is 2. The summed E-state index contributed by atoms with van der Waals surface area (Å²) in [7, 11) is 0. The fraction of sp³-hybridized carbons (Fsp3) is 0.222. The molecular weight excluding hydrogens is 308 g/mol. The first-order valence-corrected chi connectivity index (χ1v) is 7.83. The predicted octanol–water partition coefficient (Wildman–Crippen LogP) is 2.62. The second-order valence-electron chi connectivity index (χ2n) is 5.71. The maximum atomic E-state index is 12.6. The van der Waals surface area contributed by atoms with Gasteiger partial charge in [0.2, 0.25) is 0 Å². The SMILES string of the molecule is O=C(c1ccco1)N1CCN(C(=O)c2cc3ccccc3o2)CC1. The fourth-order valence-corrected chi connectivity index (χ4v) is 2.91. The van der Waals surface area contributed by atoms with Crippen LogP contribution in [0.5, 0.6) is 0 Å². The van der Waals surface area contributed by atoms with Gasteiger partial charge < -0.3 is 18.6 Å². The molecule has 1 saturated heterocycles. The Morgan fingerprint density at radius 3 is 2.12 bits per heavy atom. The number of para-hydroxylation sites is 1. The second kappa shape index (κ2) is 5.88. The van der Waals surface area contributed by atoms with E-state index in [1.54, 1.807) is 28.0 Å². The van der Waals surface area contributed by atoms with E-state index in [1.165, 1.54) is 6.26 Å². The quantitative estimate of drug-likeness (QED) is 0.727. The van der Waals surface area contributed by atoms with Gasteiger partial charge in [-0.2, -0.15) is 0 Å². The van der Waals surface area contributed by atoms with Crippen molar-refractivity contribution in [1.29, 1.82) is 0 Å². The van der Waals surface area contributed by atoms with E-state index in [-0.39, 0.29) is 11.8 Å². The summed E-state index contributed by atoms with van der Waals surface area (Å²) in [5.74, 6) is 0.376. The molecule has 24 heavy (non-hydrogen) atoms. The van der Waals surface area contributed by atoms with Gasteiger partial charge >= 0.3 is 0 Å². The molecule has 0 spiro atoms. The number of hydrogen-bond donors (Lipinski definition) is 0. The molecular formula is C18H16N2O4. The molecule has 3 heterocycles. The Hall–Kier alpha value is -3.02. The van der Waals surface area contributed by atoms with E-state index >= 15 is 0 Å². The molecule has 0 radical (unpaired) electrons. The van der Waals surface area contributed by atoms with Crippen molar-refractivity contribution in [3.05, 3.63) is 60.2 Å². The molecule has 2 amide bonds. The molecule has 0 aliphatic carbocycles. The van der Waals surface area contributed by atoms with Gasteiger partial charge in [0.05, 0.1) is 6.26 Å². The number of nitrogens with zero attached hydrogens (tertiary/aromatic N) is 2. The summed E-state index contributed by atoms with van der Waals surface area (Å²) >= 11 is 0. The number of rotatable bonds is 2. The largest absolute Gasteiger partial charge is 0.459 e. The van der Waals surface area contributed by atoms with E-state index in [0.717, 1.165) is 5.39 Å². The van der Waals surface area contributed by atoms with Gasteiger partial charge in [0.15, 0.2) is 11.5 Å². The number of carbonyl (C=O) groups excluding carboxylic acids is 2. The second-order valence-corrected chi connectivity index (χ2v) is 5.71. The van der Waals surface area contributed by atoms with Crippen molar-refractivity contribution in [2.45, 2.75) is 0 Å². The van der Waals surface area contributed by atoms with Gasteiger partial charge in [-0.25, -0.2) is 0 Å². The van der Waals surface area contributed by atoms with E-state index in [9.17, 15) is 9.59 Å². The molecule has 1 aliphatic heterocycles. The van der Waals surface area contributed by atoms with Crippen LogP contribution in [0, 0.1) is 0 Å². The Labute approximate surface area is 138 Å². The van der Waals surface area contributed by atoms with Crippen LogP contribution in [0.1, 0.15) is 21.1 Å².